The summed E-state index contributed by atoms with van der Waals surface area (Å²) in [5.41, 5.74) is -0.155. The van der Waals surface area contributed by atoms with Crippen LogP contribution in [0.25, 0.3) is 0 Å². The molecule has 126 valence electrons. The standard InChI is InChI=1S/C15H14N2O7/c18-14(19)10-3-1-2-4-11(10)16-12-6-5-9(8-15(20,21)22)7-13(12)17(23)24/h1-7,16,20-22H,8H2,(H,18,19). The van der Waals surface area contributed by atoms with Crippen molar-refractivity contribution in [3.63, 3.8) is 0 Å². The normalized spacial score (nSPS) is 11.1. The largest absolute Gasteiger partial charge is 0.478 e. The monoisotopic (exact) mass is 334 g/mol. The van der Waals surface area contributed by atoms with E-state index in [2.05, 4.69) is 5.32 Å². The molecular formula is C15H14N2O7. The van der Waals surface area contributed by atoms with Crippen LogP contribution in [0.2, 0.25) is 0 Å². The number of carboxylic acids is 1. The first-order valence-corrected chi connectivity index (χ1v) is 6.71. The minimum Gasteiger partial charge on any atom is -0.478 e. The Hall–Kier alpha value is -3.01. The van der Waals surface area contributed by atoms with Gasteiger partial charge in [0.05, 0.1) is 22.6 Å². The predicted molar refractivity (Wildman–Crippen MR) is 82.9 cm³/mol. The van der Waals surface area contributed by atoms with Crippen LogP contribution in [0.15, 0.2) is 42.5 Å². The molecule has 2 aromatic carbocycles. The Morgan fingerprint density at radius 2 is 1.79 bits per heavy atom. The van der Waals surface area contributed by atoms with Gasteiger partial charge in [-0.2, -0.15) is 0 Å². The summed E-state index contributed by atoms with van der Waals surface area (Å²) < 4.78 is 0. The first kappa shape index (κ1) is 17.3. The second kappa shape index (κ2) is 6.62. The molecule has 0 saturated heterocycles. The highest BCUT2D eigenvalue weighted by Gasteiger charge is 2.22. The summed E-state index contributed by atoms with van der Waals surface area (Å²) in [7, 11) is 0. The van der Waals surface area contributed by atoms with E-state index in [1.807, 2.05) is 0 Å². The zero-order chi connectivity index (χ0) is 17.9. The summed E-state index contributed by atoms with van der Waals surface area (Å²) in [5, 5.41) is 49.9. The fourth-order valence-corrected chi connectivity index (χ4v) is 2.14. The molecule has 0 heterocycles. The lowest BCUT2D eigenvalue weighted by Gasteiger charge is -2.15. The number of aromatic carboxylic acids is 1. The van der Waals surface area contributed by atoms with Gasteiger partial charge in [0.25, 0.3) is 11.7 Å². The smallest absolute Gasteiger partial charge is 0.337 e. The lowest BCUT2D eigenvalue weighted by Crippen LogP contribution is -2.29. The van der Waals surface area contributed by atoms with Gasteiger partial charge in [-0.25, -0.2) is 4.79 Å². The highest BCUT2D eigenvalue weighted by atomic mass is 16.7. The van der Waals surface area contributed by atoms with Crippen molar-refractivity contribution in [1.82, 2.24) is 0 Å². The zero-order valence-corrected chi connectivity index (χ0v) is 12.2. The van der Waals surface area contributed by atoms with Crippen LogP contribution >= 0.6 is 0 Å². The summed E-state index contributed by atoms with van der Waals surface area (Å²) in [6.45, 7) is 0. The first-order chi connectivity index (χ1) is 11.2. The molecule has 0 bridgehead atoms. The molecule has 0 unspecified atom stereocenters. The number of anilines is 2. The Labute approximate surface area is 135 Å². The number of rotatable bonds is 6. The molecule has 0 radical (unpaired) electrons. The number of carbonyl (C=O) groups is 1. The number of aliphatic hydroxyl groups is 3. The Bertz CT molecular complexity index is 784. The lowest BCUT2D eigenvalue weighted by atomic mass is 10.1. The van der Waals surface area contributed by atoms with E-state index in [1.54, 1.807) is 6.07 Å². The van der Waals surface area contributed by atoms with Crippen LogP contribution in [-0.4, -0.2) is 37.3 Å². The molecule has 9 heteroatoms. The molecule has 24 heavy (non-hydrogen) atoms. The average Bonchev–Trinajstić information content (AvgIpc) is 2.47. The van der Waals surface area contributed by atoms with Crippen molar-refractivity contribution < 1.29 is 30.1 Å². The number of hydrogen-bond donors (Lipinski definition) is 5. The number of nitrogens with zero attached hydrogens (tertiary/aromatic N) is 1. The molecule has 2 aromatic rings. The highest BCUT2D eigenvalue weighted by molar-refractivity contribution is 5.95. The zero-order valence-electron chi connectivity index (χ0n) is 12.2. The molecule has 9 nitrogen and oxygen atoms in total. The lowest BCUT2D eigenvalue weighted by molar-refractivity contribution is -0.384. The van der Waals surface area contributed by atoms with Crippen molar-refractivity contribution >= 4 is 23.0 Å². The van der Waals surface area contributed by atoms with Crippen LogP contribution in [-0.2, 0) is 6.42 Å². The molecule has 0 fully saturated rings. The van der Waals surface area contributed by atoms with Crippen molar-refractivity contribution in [2.45, 2.75) is 12.4 Å². The van der Waals surface area contributed by atoms with Crippen molar-refractivity contribution in [3.05, 3.63) is 63.7 Å². The van der Waals surface area contributed by atoms with Crippen LogP contribution in [0, 0.1) is 10.1 Å². The van der Waals surface area contributed by atoms with Gasteiger partial charge in [-0.1, -0.05) is 18.2 Å². The number of nitrogens with one attached hydrogen (secondary N) is 1. The second-order valence-electron chi connectivity index (χ2n) is 5.04. The van der Waals surface area contributed by atoms with Crippen LogP contribution in [0.1, 0.15) is 15.9 Å². The number of nitro groups is 1. The SMILES string of the molecule is O=C(O)c1ccccc1Nc1ccc(CC(O)(O)O)cc1[N+](=O)[O-]. The maximum absolute atomic E-state index is 11.2. The molecule has 0 amide bonds. The third-order valence-corrected chi connectivity index (χ3v) is 3.13. The van der Waals surface area contributed by atoms with Crippen LogP contribution in [0.5, 0.6) is 0 Å². The van der Waals surface area contributed by atoms with Crippen molar-refractivity contribution in [2.75, 3.05) is 5.32 Å². The van der Waals surface area contributed by atoms with E-state index < -0.39 is 29.0 Å². The summed E-state index contributed by atoms with van der Waals surface area (Å²) >= 11 is 0. The fourth-order valence-electron chi connectivity index (χ4n) is 2.14. The summed E-state index contributed by atoms with van der Waals surface area (Å²) in [6, 6.07) is 9.60. The number of carboxylic acid groups (broad SMARTS) is 1. The van der Waals surface area contributed by atoms with E-state index in [1.165, 1.54) is 30.3 Å². The summed E-state index contributed by atoms with van der Waals surface area (Å²) in [6.07, 6.45) is -0.625. The molecule has 0 atom stereocenters. The predicted octanol–water partition coefficient (Wildman–Crippen LogP) is 1.21. The van der Waals surface area contributed by atoms with Crippen LogP contribution < -0.4 is 5.32 Å². The number of hydrogen-bond acceptors (Lipinski definition) is 7. The molecule has 0 spiro atoms. The number of para-hydroxylation sites is 1. The van der Waals surface area contributed by atoms with E-state index in [-0.39, 0.29) is 22.5 Å². The summed E-state index contributed by atoms with van der Waals surface area (Å²) in [4.78, 5) is 21.7. The van der Waals surface area contributed by atoms with Crippen LogP contribution in [0.4, 0.5) is 17.1 Å². The third-order valence-electron chi connectivity index (χ3n) is 3.13. The van der Waals surface area contributed by atoms with Gasteiger partial charge in [-0.15, -0.1) is 0 Å². The Morgan fingerprint density at radius 3 is 2.38 bits per heavy atom. The minimum atomic E-state index is -2.99. The Kier molecular flexibility index (Phi) is 4.79. The Morgan fingerprint density at radius 1 is 1.12 bits per heavy atom. The molecule has 5 N–H and O–H groups in total. The minimum absolute atomic E-state index is 0.0249. The van der Waals surface area contributed by atoms with Gasteiger partial charge in [0, 0.05) is 6.07 Å². The summed E-state index contributed by atoms with van der Waals surface area (Å²) in [5.74, 6) is -4.18. The molecule has 0 aliphatic carbocycles. The van der Waals surface area contributed by atoms with Crippen molar-refractivity contribution in [1.29, 1.82) is 0 Å². The van der Waals surface area contributed by atoms with E-state index in [0.717, 1.165) is 6.07 Å². The highest BCUT2D eigenvalue weighted by Crippen LogP contribution is 2.30. The Balaban J connectivity index is 2.41. The van der Waals surface area contributed by atoms with E-state index in [9.17, 15) is 14.9 Å². The third kappa shape index (κ3) is 4.26. The fraction of sp³-hybridized carbons (Fsp3) is 0.133. The van der Waals surface area contributed by atoms with E-state index in [4.69, 9.17) is 20.4 Å². The van der Waals surface area contributed by atoms with Gasteiger partial charge in [-0.05, 0) is 23.8 Å². The molecule has 0 saturated carbocycles. The van der Waals surface area contributed by atoms with Gasteiger partial charge in [0.1, 0.15) is 5.69 Å². The maximum atomic E-state index is 11.2. The van der Waals surface area contributed by atoms with Gasteiger partial charge in [0.2, 0.25) is 0 Å². The second-order valence-corrected chi connectivity index (χ2v) is 5.04. The van der Waals surface area contributed by atoms with Gasteiger partial charge < -0.3 is 25.7 Å². The van der Waals surface area contributed by atoms with Crippen molar-refractivity contribution in [3.8, 4) is 0 Å². The first-order valence-electron chi connectivity index (χ1n) is 6.71. The molecule has 2 rings (SSSR count). The molecule has 0 aliphatic rings. The van der Waals surface area contributed by atoms with Crippen LogP contribution in [0.3, 0.4) is 0 Å². The molecular weight excluding hydrogens is 320 g/mol. The molecule has 0 aromatic heterocycles. The van der Waals surface area contributed by atoms with Gasteiger partial charge in [0.15, 0.2) is 0 Å². The molecule has 0 aliphatic heterocycles. The number of nitro benzene ring substituents is 1. The van der Waals surface area contributed by atoms with E-state index >= 15 is 0 Å². The average molecular weight is 334 g/mol. The quantitative estimate of drug-likeness (QED) is 0.300. The maximum Gasteiger partial charge on any atom is 0.337 e. The van der Waals surface area contributed by atoms with Crippen molar-refractivity contribution in [2.24, 2.45) is 0 Å². The van der Waals surface area contributed by atoms with Gasteiger partial charge >= 0.3 is 5.97 Å². The van der Waals surface area contributed by atoms with E-state index in [0.29, 0.717) is 0 Å². The topological polar surface area (TPSA) is 153 Å². The van der Waals surface area contributed by atoms with Gasteiger partial charge in [-0.3, -0.25) is 10.1 Å². The number of benzene rings is 2.